The minimum absolute atomic E-state index is 0.124. The van der Waals surface area contributed by atoms with E-state index in [0.29, 0.717) is 13.0 Å². The van der Waals surface area contributed by atoms with Crippen LogP contribution in [0.1, 0.15) is 25.7 Å². The highest BCUT2D eigenvalue weighted by atomic mass is 32.2. The molecule has 0 aromatic rings. The van der Waals surface area contributed by atoms with Gasteiger partial charge in [-0.05, 0) is 38.3 Å². The lowest BCUT2D eigenvalue weighted by atomic mass is 10.1. The normalized spacial score (nSPS) is 17.8. The molecule has 0 aromatic carbocycles. The fraction of sp³-hybridized carbons (Fsp3) is 0.909. The molecule has 0 aromatic heterocycles. The molecule has 0 aliphatic heterocycles. The predicted molar refractivity (Wildman–Crippen MR) is 65.5 cm³/mol. The van der Waals surface area contributed by atoms with Crippen LogP contribution < -0.4 is 5.32 Å². The Kier molecular flexibility index (Phi) is 4.94. The van der Waals surface area contributed by atoms with E-state index < -0.39 is 9.84 Å². The lowest BCUT2D eigenvalue weighted by Gasteiger charge is -2.13. The number of sulfone groups is 1. The Bertz CT molecular complexity index is 360. The lowest BCUT2D eigenvalue weighted by molar-refractivity contribution is -0.141. The highest BCUT2D eigenvalue weighted by molar-refractivity contribution is 7.91. The Morgan fingerprint density at radius 2 is 2.06 bits per heavy atom. The van der Waals surface area contributed by atoms with Gasteiger partial charge in [0.25, 0.3) is 0 Å². The number of carbonyl (C=O) groups excluding carboxylic acids is 1. The van der Waals surface area contributed by atoms with Crippen LogP contribution in [0.2, 0.25) is 0 Å². The highest BCUT2D eigenvalue weighted by Crippen LogP contribution is 2.50. The van der Waals surface area contributed by atoms with Crippen LogP contribution in [0.25, 0.3) is 0 Å². The lowest BCUT2D eigenvalue weighted by Crippen LogP contribution is -2.24. The first-order chi connectivity index (χ1) is 7.93. The van der Waals surface area contributed by atoms with E-state index in [1.807, 2.05) is 0 Å². The van der Waals surface area contributed by atoms with Crippen LogP contribution in [0.4, 0.5) is 0 Å². The average Bonchev–Trinajstić information content (AvgIpc) is 2.96. The second-order valence-corrected chi connectivity index (χ2v) is 6.99. The van der Waals surface area contributed by atoms with Crippen LogP contribution in [-0.4, -0.2) is 46.6 Å². The van der Waals surface area contributed by atoms with E-state index in [1.165, 1.54) is 7.11 Å². The van der Waals surface area contributed by atoms with Crippen molar-refractivity contribution < 1.29 is 17.9 Å². The number of esters is 1. The van der Waals surface area contributed by atoms with Crippen LogP contribution in [-0.2, 0) is 19.4 Å². The first-order valence-corrected chi connectivity index (χ1v) is 7.67. The first-order valence-electron chi connectivity index (χ1n) is 5.85. The molecule has 1 rings (SSSR count). The maximum Gasteiger partial charge on any atom is 0.306 e. The first kappa shape index (κ1) is 14.4. The third kappa shape index (κ3) is 5.04. The number of methoxy groups -OCH3 is 1. The number of carbonyl (C=O) groups is 1. The maximum atomic E-state index is 11.9. The highest BCUT2D eigenvalue weighted by Gasteiger charge is 2.47. The molecule has 0 atom stereocenters. The molecule has 0 bridgehead atoms. The molecule has 1 N–H and O–H groups in total. The van der Waals surface area contributed by atoms with E-state index >= 15 is 0 Å². The number of rotatable bonds is 8. The van der Waals surface area contributed by atoms with Crippen LogP contribution in [0.5, 0.6) is 0 Å². The fourth-order valence-electron chi connectivity index (χ4n) is 1.93. The molecule has 100 valence electrons. The molecular formula is C11H21NO4S. The molecule has 0 unspecified atom stereocenters. The second-order valence-electron chi connectivity index (χ2n) is 4.80. The Morgan fingerprint density at radius 1 is 1.41 bits per heavy atom. The van der Waals surface area contributed by atoms with E-state index in [1.54, 1.807) is 7.05 Å². The molecule has 1 aliphatic carbocycles. The van der Waals surface area contributed by atoms with Gasteiger partial charge in [0.1, 0.15) is 0 Å². The van der Waals surface area contributed by atoms with Gasteiger partial charge in [-0.1, -0.05) is 0 Å². The summed E-state index contributed by atoms with van der Waals surface area (Å²) in [5.74, 6) is 0.00295. The maximum absolute atomic E-state index is 11.9. The zero-order valence-corrected chi connectivity index (χ0v) is 11.3. The molecule has 0 spiro atoms. The Balaban J connectivity index is 2.44. The van der Waals surface area contributed by atoms with Gasteiger partial charge in [0, 0.05) is 0 Å². The van der Waals surface area contributed by atoms with Crippen molar-refractivity contribution in [3.05, 3.63) is 0 Å². The molecule has 6 heteroatoms. The van der Waals surface area contributed by atoms with Crippen molar-refractivity contribution in [2.45, 2.75) is 25.7 Å². The Labute approximate surface area is 103 Å². The minimum atomic E-state index is -3.05. The van der Waals surface area contributed by atoms with Crippen molar-refractivity contribution in [2.75, 3.05) is 32.2 Å². The van der Waals surface area contributed by atoms with Gasteiger partial charge in [-0.3, -0.25) is 4.79 Å². The summed E-state index contributed by atoms with van der Waals surface area (Å²) in [6, 6.07) is 0. The van der Waals surface area contributed by atoms with Gasteiger partial charge in [-0.15, -0.1) is 0 Å². The number of nitrogens with one attached hydrogen (secondary N) is 1. The molecule has 0 saturated heterocycles. The van der Waals surface area contributed by atoms with Crippen molar-refractivity contribution in [2.24, 2.45) is 5.41 Å². The summed E-state index contributed by atoms with van der Waals surface area (Å²) in [4.78, 5) is 11.2. The van der Waals surface area contributed by atoms with E-state index in [2.05, 4.69) is 10.1 Å². The fourth-order valence-corrected chi connectivity index (χ4v) is 3.99. The van der Waals surface area contributed by atoms with E-state index in [9.17, 15) is 13.2 Å². The molecule has 17 heavy (non-hydrogen) atoms. The van der Waals surface area contributed by atoms with Gasteiger partial charge in [-0.2, -0.15) is 0 Å². The summed E-state index contributed by atoms with van der Waals surface area (Å²) < 4.78 is 28.3. The van der Waals surface area contributed by atoms with Gasteiger partial charge in [-0.25, -0.2) is 8.42 Å². The molecule has 1 fully saturated rings. The van der Waals surface area contributed by atoms with Crippen molar-refractivity contribution in [3.63, 3.8) is 0 Å². The Hall–Kier alpha value is -0.620. The SMILES string of the molecule is CNCCCS(=O)(=O)CC1(CC(=O)OC)CC1. The van der Waals surface area contributed by atoms with Gasteiger partial charge in [0.2, 0.25) is 0 Å². The average molecular weight is 263 g/mol. The predicted octanol–water partition coefficient (Wildman–Crippen LogP) is 0.354. The zero-order chi connectivity index (χ0) is 12.9. The van der Waals surface area contributed by atoms with E-state index in [4.69, 9.17) is 0 Å². The topological polar surface area (TPSA) is 72.5 Å². The monoisotopic (exact) mass is 263 g/mol. The molecule has 0 heterocycles. The summed E-state index contributed by atoms with van der Waals surface area (Å²) >= 11 is 0. The van der Waals surface area contributed by atoms with Crippen molar-refractivity contribution >= 4 is 15.8 Å². The van der Waals surface area contributed by atoms with Crippen LogP contribution in [0.15, 0.2) is 0 Å². The summed E-state index contributed by atoms with van der Waals surface area (Å²) in [6.45, 7) is 0.698. The zero-order valence-electron chi connectivity index (χ0n) is 10.5. The summed E-state index contributed by atoms with van der Waals surface area (Å²) in [5, 5.41) is 2.92. The van der Waals surface area contributed by atoms with Gasteiger partial charge in [0.15, 0.2) is 9.84 Å². The summed E-state index contributed by atoms with van der Waals surface area (Å²) in [5.41, 5.74) is -0.328. The minimum Gasteiger partial charge on any atom is -0.469 e. The third-order valence-corrected chi connectivity index (χ3v) is 5.08. The molecular weight excluding hydrogens is 242 g/mol. The molecule has 1 saturated carbocycles. The quantitative estimate of drug-likeness (QED) is 0.505. The standard InChI is InChI=1S/C11H21NO4S/c1-12-6-3-7-17(14,15)9-11(4-5-11)8-10(13)16-2/h12H,3-9H2,1-2H3. The molecule has 1 aliphatic rings. The van der Waals surface area contributed by atoms with Crippen LogP contribution in [0, 0.1) is 5.41 Å². The third-order valence-electron chi connectivity index (χ3n) is 3.11. The van der Waals surface area contributed by atoms with E-state index in [-0.39, 0.29) is 29.3 Å². The summed E-state index contributed by atoms with van der Waals surface area (Å²) in [7, 11) is 0.0804. The second kappa shape index (κ2) is 5.82. The van der Waals surface area contributed by atoms with E-state index in [0.717, 1.165) is 12.8 Å². The molecule has 0 radical (unpaired) electrons. The molecule has 0 amide bonds. The van der Waals surface area contributed by atoms with Crippen LogP contribution in [0.3, 0.4) is 0 Å². The summed E-state index contributed by atoms with van der Waals surface area (Å²) in [6.07, 6.45) is 2.47. The number of hydrogen-bond donors (Lipinski definition) is 1. The number of hydrogen-bond acceptors (Lipinski definition) is 5. The largest absolute Gasteiger partial charge is 0.469 e. The van der Waals surface area contributed by atoms with Crippen molar-refractivity contribution in [1.82, 2.24) is 5.32 Å². The smallest absolute Gasteiger partial charge is 0.306 e. The Morgan fingerprint density at radius 3 is 2.53 bits per heavy atom. The van der Waals surface area contributed by atoms with Crippen molar-refractivity contribution in [3.8, 4) is 0 Å². The van der Waals surface area contributed by atoms with Crippen LogP contribution >= 0.6 is 0 Å². The van der Waals surface area contributed by atoms with Gasteiger partial charge in [0.05, 0.1) is 25.0 Å². The van der Waals surface area contributed by atoms with Gasteiger partial charge < -0.3 is 10.1 Å². The molecule has 5 nitrogen and oxygen atoms in total. The van der Waals surface area contributed by atoms with Crippen molar-refractivity contribution in [1.29, 1.82) is 0 Å². The van der Waals surface area contributed by atoms with Gasteiger partial charge >= 0.3 is 5.97 Å². The number of ether oxygens (including phenoxy) is 1.